The van der Waals surface area contributed by atoms with Gasteiger partial charge in [-0.2, -0.15) is 5.10 Å². The van der Waals surface area contributed by atoms with Crippen molar-refractivity contribution < 1.29 is 14.3 Å². The number of aromatic nitrogens is 2. The molecule has 1 spiro atoms. The van der Waals surface area contributed by atoms with Gasteiger partial charge in [0.15, 0.2) is 0 Å². The van der Waals surface area contributed by atoms with Crippen LogP contribution in [-0.4, -0.2) is 53.4 Å². The van der Waals surface area contributed by atoms with E-state index in [-0.39, 0.29) is 11.4 Å². The Labute approximate surface area is 183 Å². The number of nitrogens with one attached hydrogen (secondary N) is 1. The summed E-state index contributed by atoms with van der Waals surface area (Å²) in [6, 6.07) is 10.0. The molecule has 0 atom stereocenters. The first-order valence-electron chi connectivity index (χ1n) is 9.93. The highest BCUT2D eigenvalue weighted by atomic mass is 79.9. The number of fused-ring (bicyclic) bond motifs is 1. The molecule has 2 saturated heterocycles. The summed E-state index contributed by atoms with van der Waals surface area (Å²) in [4.78, 5) is 13.9. The Balaban J connectivity index is 1.46. The zero-order valence-corrected chi connectivity index (χ0v) is 18.5. The van der Waals surface area contributed by atoms with E-state index < -0.39 is 0 Å². The van der Waals surface area contributed by atoms with Gasteiger partial charge < -0.3 is 14.8 Å². The Kier molecular flexibility index (Phi) is 4.71. The molecule has 2 fully saturated rings. The van der Waals surface area contributed by atoms with Crippen molar-refractivity contribution in [3.63, 3.8) is 0 Å². The Morgan fingerprint density at radius 1 is 1.20 bits per heavy atom. The topological polar surface area (TPSA) is 68.6 Å². The number of amides is 1. The maximum atomic E-state index is 11.6. The maximum Gasteiger partial charge on any atom is 0.220 e. The first-order valence-corrected chi connectivity index (χ1v) is 10.7. The van der Waals surface area contributed by atoms with Crippen LogP contribution in [0, 0.1) is 0 Å². The molecule has 0 saturated carbocycles. The highest BCUT2D eigenvalue weighted by Crippen LogP contribution is 2.38. The molecule has 3 heterocycles. The molecule has 0 radical (unpaired) electrons. The van der Waals surface area contributed by atoms with E-state index in [4.69, 9.17) is 9.47 Å². The van der Waals surface area contributed by atoms with Gasteiger partial charge in [0.05, 0.1) is 42.7 Å². The van der Waals surface area contributed by atoms with Crippen LogP contribution < -0.4 is 14.8 Å². The minimum absolute atomic E-state index is 0.0428. The fraction of sp³-hybridized carbons (Fsp3) is 0.364. The number of nitrogens with zero attached hydrogens (tertiary/aromatic N) is 3. The van der Waals surface area contributed by atoms with E-state index in [1.165, 1.54) is 0 Å². The predicted octanol–water partition coefficient (Wildman–Crippen LogP) is 3.27. The Hall–Kier alpha value is -2.58. The third-order valence-corrected chi connectivity index (χ3v) is 6.76. The molecule has 2 aromatic carbocycles. The van der Waals surface area contributed by atoms with Crippen molar-refractivity contribution in [2.45, 2.75) is 24.9 Å². The van der Waals surface area contributed by atoms with Gasteiger partial charge >= 0.3 is 0 Å². The van der Waals surface area contributed by atoms with Gasteiger partial charge in [0.2, 0.25) is 5.91 Å². The molecule has 3 aromatic rings. The second-order valence-corrected chi connectivity index (χ2v) is 8.89. The molecule has 8 heteroatoms. The van der Waals surface area contributed by atoms with Crippen molar-refractivity contribution in [2.75, 3.05) is 27.3 Å². The highest BCUT2D eigenvalue weighted by Gasteiger charge is 2.47. The fourth-order valence-corrected chi connectivity index (χ4v) is 5.08. The predicted molar refractivity (Wildman–Crippen MR) is 117 cm³/mol. The molecule has 2 aliphatic heterocycles. The lowest BCUT2D eigenvalue weighted by molar-refractivity contribution is -0.120. The van der Waals surface area contributed by atoms with Crippen LogP contribution in [0.4, 0.5) is 0 Å². The zero-order chi connectivity index (χ0) is 20.9. The second kappa shape index (κ2) is 7.28. The Morgan fingerprint density at radius 2 is 1.93 bits per heavy atom. The van der Waals surface area contributed by atoms with Gasteiger partial charge in [-0.15, -0.1) is 0 Å². The zero-order valence-electron chi connectivity index (χ0n) is 16.9. The largest absolute Gasteiger partial charge is 0.496 e. The lowest BCUT2D eigenvalue weighted by atomic mass is 9.88. The van der Waals surface area contributed by atoms with Gasteiger partial charge in [0.1, 0.15) is 11.5 Å². The molecular formula is C22H23BrN4O3. The SMILES string of the molecule is COc1cc(-n2ncc3c(Br)cccc32)cc(OC)c1CN1CC2(CCC(=O)N2)C1. The summed E-state index contributed by atoms with van der Waals surface area (Å²) in [5, 5.41) is 8.75. The van der Waals surface area contributed by atoms with Crippen molar-refractivity contribution in [2.24, 2.45) is 0 Å². The molecule has 0 unspecified atom stereocenters. The van der Waals surface area contributed by atoms with Crippen LogP contribution >= 0.6 is 15.9 Å². The number of hydrogen-bond acceptors (Lipinski definition) is 5. The molecule has 1 amide bonds. The Morgan fingerprint density at radius 3 is 2.57 bits per heavy atom. The van der Waals surface area contributed by atoms with Gasteiger partial charge in [-0.3, -0.25) is 9.69 Å². The fourth-order valence-electron chi connectivity index (χ4n) is 4.63. The normalized spacial score (nSPS) is 17.9. The average Bonchev–Trinajstić information content (AvgIpc) is 3.32. The molecule has 0 bridgehead atoms. The summed E-state index contributed by atoms with van der Waals surface area (Å²) in [7, 11) is 3.35. The van der Waals surface area contributed by atoms with E-state index in [1.54, 1.807) is 14.2 Å². The molecule has 156 valence electrons. The lowest BCUT2D eigenvalue weighted by Crippen LogP contribution is -2.66. The number of likely N-dealkylation sites (tertiary alicyclic amines) is 1. The summed E-state index contributed by atoms with van der Waals surface area (Å²) >= 11 is 3.59. The number of benzene rings is 2. The molecule has 0 aliphatic carbocycles. The van der Waals surface area contributed by atoms with E-state index in [9.17, 15) is 4.79 Å². The summed E-state index contributed by atoms with van der Waals surface area (Å²) < 4.78 is 14.4. The van der Waals surface area contributed by atoms with Gasteiger partial charge in [-0.25, -0.2) is 4.68 Å². The lowest BCUT2D eigenvalue weighted by Gasteiger charge is -2.48. The van der Waals surface area contributed by atoms with Crippen LogP contribution in [0.3, 0.4) is 0 Å². The van der Waals surface area contributed by atoms with E-state index in [0.717, 1.165) is 57.6 Å². The van der Waals surface area contributed by atoms with Gasteiger partial charge in [-0.1, -0.05) is 22.0 Å². The molecule has 7 nitrogen and oxygen atoms in total. The minimum Gasteiger partial charge on any atom is -0.496 e. The van der Waals surface area contributed by atoms with Crippen molar-refractivity contribution >= 4 is 32.7 Å². The van der Waals surface area contributed by atoms with Crippen LogP contribution in [0.15, 0.2) is 41.0 Å². The first kappa shape index (κ1) is 19.4. The summed E-state index contributed by atoms with van der Waals surface area (Å²) in [5.74, 6) is 1.69. The van der Waals surface area contributed by atoms with E-state index >= 15 is 0 Å². The van der Waals surface area contributed by atoms with Crippen LogP contribution in [-0.2, 0) is 11.3 Å². The molecule has 1 N–H and O–H groups in total. The standard InChI is InChI=1S/C22H23BrN4O3/c1-29-19-8-14(27-18-5-3-4-17(23)15(18)10-24-27)9-20(30-2)16(19)11-26-12-22(13-26)7-6-21(28)25-22/h3-5,8-10H,6-7,11-13H2,1-2H3,(H,25,28). The summed E-state index contributed by atoms with van der Waals surface area (Å²) in [5.41, 5.74) is 2.84. The number of carbonyl (C=O) groups excluding carboxylic acids is 1. The molecule has 5 rings (SSSR count). The summed E-state index contributed by atoms with van der Waals surface area (Å²) in [6.45, 7) is 2.41. The van der Waals surface area contributed by atoms with Crippen molar-refractivity contribution in [1.29, 1.82) is 0 Å². The third kappa shape index (κ3) is 3.15. The van der Waals surface area contributed by atoms with Crippen LogP contribution in [0.1, 0.15) is 18.4 Å². The third-order valence-electron chi connectivity index (χ3n) is 6.07. The van der Waals surface area contributed by atoms with Crippen LogP contribution in [0.2, 0.25) is 0 Å². The van der Waals surface area contributed by atoms with Gasteiger partial charge in [-0.05, 0) is 18.6 Å². The van der Waals surface area contributed by atoms with Crippen LogP contribution in [0.25, 0.3) is 16.6 Å². The highest BCUT2D eigenvalue weighted by molar-refractivity contribution is 9.10. The minimum atomic E-state index is -0.0428. The first-order chi connectivity index (χ1) is 14.5. The number of hydrogen-bond donors (Lipinski definition) is 1. The van der Waals surface area contributed by atoms with Crippen molar-refractivity contribution in [1.82, 2.24) is 20.0 Å². The molecular weight excluding hydrogens is 448 g/mol. The van der Waals surface area contributed by atoms with Gasteiger partial charge in [0.25, 0.3) is 0 Å². The molecule has 30 heavy (non-hydrogen) atoms. The Bertz CT molecular complexity index is 1110. The number of halogens is 1. The number of carbonyl (C=O) groups is 1. The average molecular weight is 471 g/mol. The maximum absolute atomic E-state index is 11.6. The van der Waals surface area contributed by atoms with E-state index in [2.05, 4.69) is 31.2 Å². The number of ether oxygens (including phenoxy) is 2. The van der Waals surface area contributed by atoms with Crippen LogP contribution in [0.5, 0.6) is 11.5 Å². The van der Waals surface area contributed by atoms with E-state index in [0.29, 0.717) is 13.0 Å². The van der Waals surface area contributed by atoms with E-state index in [1.807, 2.05) is 41.2 Å². The summed E-state index contributed by atoms with van der Waals surface area (Å²) in [6.07, 6.45) is 3.39. The number of rotatable bonds is 5. The smallest absolute Gasteiger partial charge is 0.220 e. The second-order valence-electron chi connectivity index (χ2n) is 8.03. The molecule has 2 aliphatic rings. The quantitative estimate of drug-likeness (QED) is 0.619. The van der Waals surface area contributed by atoms with Crippen molar-refractivity contribution in [3.05, 3.63) is 46.6 Å². The van der Waals surface area contributed by atoms with Crippen molar-refractivity contribution in [3.8, 4) is 17.2 Å². The molecule has 1 aromatic heterocycles. The number of methoxy groups -OCH3 is 2. The monoisotopic (exact) mass is 470 g/mol. The van der Waals surface area contributed by atoms with Gasteiger partial charge in [0, 0.05) is 48.0 Å².